The molecule has 326 valence electrons. The number of hydrogen-bond acceptors (Lipinski definition) is 9. The number of urea groups is 1. The van der Waals surface area contributed by atoms with Crippen molar-refractivity contribution < 1.29 is 41.9 Å². The molecule has 1 saturated heterocycles. The minimum atomic E-state index is -3.63. The van der Waals surface area contributed by atoms with Crippen molar-refractivity contribution in [3.63, 3.8) is 0 Å². The van der Waals surface area contributed by atoms with Crippen LogP contribution in [0.5, 0.6) is 0 Å². The first-order chi connectivity index (χ1) is 27.6. The molecule has 0 aromatic heterocycles. The van der Waals surface area contributed by atoms with Crippen LogP contribution < -0.4 is 21.3 Å². The molecule has 6 amide bonds. The molecule has 1 aromatic rings. The van der Waals surface area contributed by atoms with E-state index in [1.54, 1.807) is 46.4 Å². The number of amides is 6. The van der Waals surface area contributed by atoms with Gasteiger partial charge in [0.2, 0.25) is 17.6 Å². The summed E-state index contributed by atoms with van der Waals surface area (Å²) in [5, 5.41) is 11.0. The Bertz CT molecular complexity index is 1880. The molecule has 0 bridgehead atoms. The molecule has 2 heterocycles. The van der Waals surface area contributed by atoms with Gasteiger partial charge in [0.1, 0.15) is 18.2 Å². The second kappa shape index (κ2) is 18.4. The molecule has 59 heavy (non-hydrogen) atoms. The van der Waals surface area contributed by atoms with Crippen molar-refractivity contribution >= 4 is 45.5 Å². The van der Waals surface area contributed by atoms with Gasteiger partial charge in [-0.3, -0.25) is 19.2 Å². The van der Waals surface area contributed by atoms with Crippen LogP contribution in [0.4, 0.5) is 9.59 Å². The zero-order valence-corrected chi connectivity index (χ0v) is 36.4. The Morgan fingerprint density at radius 1 is 0.966 bits per heavy atom. The van der Waals surface area contributed by atoms with Crippen molar-refractivity contribution in [3.05, 3.63) is 48.0 Å². The van der Waals surface area contributed by atoms with E-state index in [1.165, 1.54) is 11.0 Å². The van der Waals surface area contributed by atoms with Gasteiger partial charge in [0.05, 0.1) is 28.6 Å². The summed E-state index contributed by atoms with van der Waals surface area (Å²) >= 11 is 0. The molecule has 15 nitrogen and oxygen atoms in total. The van der Waals surface area contributed by atoms with Gasteiger partial charge in [-0.1, -0.05) is 83.2 Å². The molecular formula is C43H64N6O9S. The summed E-state index contributed by atoms with van der Waals surface area (Å²) in [6.45, 7) is 14.4. The molecule has 5 rings (SSSR count). The molecule has 4 N–H and O–H groups in total. The number of fused-ring (bicyclic) bond motifs is 1. The van der Waals surface area contributed by atoms with E-state index >= 15 is 0 Å². The molecule has 0 radical (unpaired) electrons. The average Bonchev–Trinajstić information content (AvgIpc) is 3.89. The molecule has 3 fully saturated rings. The van der Waals surface area contributed by atoms with Gasteiger partial charge >= 0.3 is 12.1 Å². The highest BCUT2D eigenvalue weighted by Crippen LogP contribution is 2.35. The highest BCUT2D eigenvalue weighted by molar-refractivity contribution is 7.92. The quantitative estimate of drug-likeness (QED) is 0.158. The number of carbonyl (C=O) groups excluding carboxylic acids is 6. The first-order valence-electron chi connectivity index (χ1n) is 21.0. The van der Waals surface area contributed by atoms with Crippen LogP contribution in [0.2, 0.25) is 0 Å². The third-order valence-electron chi connectivity index (χ3n) is 12.0. The number of likely N-dealkylation sites (tertiary alicyclic amines) is 1. The Kier molecular flexibility index (Phi) is 14.2. The Labute approximate surface area is 349 Å². The molecule has 4 aliphatic rings. The van der Waals surface area contributed by atoms with E-state index in [0.29, 0.717) is 32.4 Å². The molecule has 2 unspecified atom stereocenters. The second-order valence-corrected chi connectivity index (χ2v) is 21.6. The second-order valence-electron chi connectivity index (χ2n) is 18.9. The van der Waals surface area contributed by atoms with Crippen molar-refractivity contribution in [2.24, 2.45) is 11.3 Å². The van der Waals surface area contributed by atoms with E-state index in [1.807, 2.05) is 24.3 Å². The number of nitrogens with one attached hydrogen (secondary N) is 4. The molecule has 4 atom stereocenters. The minimum absolute atomic E-state index is 0.0670. The Hall–Kier alpha value is -4.47. The molecule has 2 aliphatic heterocycles. The minimum Gasteiger partial charge on any atom is -0.444 e. The lowest BCUT2D eigenvalue weighted by Crippen LogP contribution is -2.63. The summed E-state index contributed by atoms with van der Waals surface area (Å²) in [6, 6.07) is 3.55. The summed E-state index contributed by atoms with van der Waals surface area (Å²) in [6.07, 6.45) is 5.75. The average molecular weight is 841 g/mol. The van der Waals surface area contributed by atoms with Gasteiger partial charge in [0.15, 0.2) is 9.84 Å². The number of Topliss-reactive ketones (excluding diaryl/α,β-unsaturated/α-hetero) is 1. The van der Waals surface area contributed by atoms with Crippen LogP contribution >= 0.6 is 0 Å². The zero-order valence-electron chi connectivity index (χ0n) is 35.6. The van der Waals surface area contributed by atoms with Crippen LogP contribution in [0.1, 0.15) is 110 Å². The number of benzene rings is 1. The van der Waals surface area contributed by atoms with Gasteiger partial charge in [-0.25, -0.2) is 18.0 Å². The number of hydrogen-bond donors (Lipinski definition) is 4. The molecular weight excluding hydrogens is 777 g/mol. The van der Waals surface area contributed by atoms with Gasteiger partial charge in [0, 0.05) is 26.1 Å². The number of rotatable bonds is 14. The fraction of sp³-hybridized carbons (Fsp3) is 0.674. The Balaban J connectivity index is 1.39. The fourth-order valence-corrected chi connectivity index (χ4v) is 9.70. The number of sulfone groups is 1. The molecule has 0 spiro atoms. The summed E-state index contributed by atoms with van der Waals surface area (Å²) < 4.78 is 31.8. The number of ether oxygens (including phenoxy) is 1. The Morgan fingerprint density at radius 3 is 2.24 bits per heavy atom. The first-order valence-corrected chi connectivity index (χ1v) is 22.7. The number of ketones is 1. The van der Waals surface area contributed by atoms with E-state index in [9.17, 15) is 37.2 Å². The molecule has 2 aliphatic carbocycles. The van der Waals surface area contributed by atoms with Crippen LogP contribution in [0, 0.1) is 11.3 Å². The van der Waals surface area contributed by atoms with Crippen molar-refractivity contribution in [2.75, 3.05) is 25.4 Å². The lowest BCUT2D eigenvalue weighted by atomic mass is 9.83. The van der Waals surface area contributed by atoms with E-state index in [4.69, 9.17) is 4.74 Å². The summed E-state index contributed by atoms with van der Waals surface area (Å²) in [5.41, 5.74) is 0.208. The predicted octanol–water partition coefficient (Wildman–Crippen LogP) is 3.94. The van der Waals surface area contributed by atoms with Crippen LogP contribution in [0.25, 0.3) is 0 Å². The largest absolute Gasteiger partial charge is 0.444 e. The SMILES string of the molecule is C=CCNC(=O)C(=O)C(CC1CC1)NC(=O)C1C[C@@H](OC(=O)N2CCc3ccccc3C2)CN1C(=O)[C@@H](NC(=O)NC1(CS(=O)(=O)C(C)(C)C)CCCCC1)C(C)(C)C. The fourth-order valence-electron chi connectivity index (χ4n) is 8.18. The van der Waals surface area contributed by atoms with E-state index in [-0.39, 0.29) is 37.6 Å². The van der Waals surface area contributed by atoms with Crippen molar-refractivity contribution in [3.8, 4) is 0 Å². The number of carbonyl (C=O) groups is 6. The molecule has 2 saturated carbocycles. The summed E-state index contributed by atoms with van der Waals surface area (Å²) in [5.74, 6) is -3.08. The van der Waals surface area contributed by atoms with E-state index < -0.39 is 85.4 Å². The van der Waals surface area contributed by atoms with E-state index in [0.717, 1.165) is 43.2 Å². The summed E-state index contributed by atoms with van der Waals surface area (Å²) in [4.78, 5) is 85.6. The third-order valence-corrected chi connectivity index (χ3v) is 14.8. The van der Waals surface area contributed by atoms with Crippen LogP contribution in [-0.2, 0) is 46.7 Å². The monoisotopic (exact) mass is 840 g/mol. The third kappa shape index (κ3) is 11.6. The topological polar surface area (TPSA) is 200 Å². The van der Waals surface area contributed by atoms with Crippen LogP contribution in [0.15, 0.2) is 36.9 Å². The van der Waals surface area contributed by atoms with Gasteiger partial charge in [-0.15, -0.1) is 6.58 Å². The Morgan fingerprint density at radius 2 is 1.63 bits per heavy atom. The van der Waals surface area contributed by atoms with Gasteiger partial charge in [-0.05, 0) is 68.9 Å². The van der Waals surface area contributed by atoms with Gasteiger partial charge in [0.25, 0.3) is 5.91 Å². The predicted molar refractivity (Wildman–Crippen MR) is 223 cm³/mol. The highest BCUT2D eigenvalue weighted by atomic mass is 32.2. The standard InChI is InChI=1S/C43H64N6O9S/c1-8-21-44-37(52)34(50)32(23-28-16-17-28)45-36(51)33-24-31(58-40(55)48-22-18-29-14-10-11-15-30(29)25-48)26-49(33)38(53)35(41(2,3)4)46-39(54)47-43(19-12-9-13-20-43)27-59(56,57)42(5,6)7/h8,10-11,14-15,28,31-33,35H,1,9,12-13,16-27H2,2-7H3,(H,44,52)(H,45,51)(H2,46,47,54)/t31-,32?,33?,35-/m1/s1. The van der Waals surface area contributed by atoms with Gasteiger partial charge in [-0.2, -0.15) is 0 Å². The maximum Gasteiger partial charge on any atom is 0.410 e. The lowest BCUT2D eigenvalue weighted by molar-refractivity contribution is -0.144. The van der Waals surface area contributed by atoms with Gasteiger partial charge < -0.3 is 35.8 Å². The summed E-state index contributed by atoms with van der Waals surface area (Å²) in [7, 11) is -3.63. The maximum atomic E-state index is 14.8. The zero-order chi connectivity index (χ0) is 43.3. The lowest BCUT2D eigenvalue weighted by Gasteiger charge is -2.41. The van der Waals surface area contributed by atoms with Crippen molar-refractivity contribution in [2.45, 2.75) is 147 Å². The molecule has 16 heteroatoms. The van der Waals surface area contributed by atoms with Crippen molar-refractivity contribution in [1.82, 2.24) is 31.1 Å². The number of nitrogens with zero attached hydrogens (tertiary/aromatic N) is 2. The first kappa shape index (κ1) is 45.6. The normalized spacial score (nSPS) is 21.6. The highest BCUT2D eigenvalue weighted by Gasteiger charge is 2.49. The van der Waals surface area contributed by atoms with Crippen LogP contribution in [-0.4, -0.2) is 114 Å². The van der Waals surface area contributed by atoms with Crippen LogP contribution in [0.3, 0.4) is 0 Å². The van der Waals surface area contributed by atoms with E-state index in [2.05, 4.69) is 27.8 Å². The van der Waals surface area contributed by atoms with Crippen molar-refractivity contribution in [1.29, 1.82) is 0 Å². The maximum absolute atomic E-state index is 14.8. The smallest absolute Gasteiger partial charge is 0.410 e. The molecule has 1 aromatic carbocycles.